The van der Waals surface area contributed by atoms with Crippen LogP contribution in [0.5, 0.6) is 0 Å². The Hall–Kier alpha value is -5.18. The summed E-state index contributed by atoms with van der Waals surface area (Å²) in [6.45, 7) is 18.0. The molecule has 0 saturated carbocycles. The Kier molecular flexibility index (Phi) is 6.92. The Morgan fingerprint density at radius 1 is 0.537 bits per heavy atom. The Morgan fingerprint density at radius 2 is 0.926 bits per heavy atom. The van der Waals surface area contributed by atoms with Crippen LogP contribution >= 0.6 is 22.7 Å². The predicted molar refractivity (Wildman–Crippen MR) is 221 cm³/mol. The number of benzene rings is 4. The summed E-state index contributed by atoms with van der Waals surface area (Å²) in [5, 5.41) is 2.09. The summed E-state index contributed by atoms with van der Waals surface area (Å²) in [6.07, 6.45) is 0. The maximum atomic E-state index is 13.8. The molecule has 8 heteroatoms. The Bertz CT molecular complexity index is 2550. The van der Waals surface area contributed by atoms with Crippen molar-refractivity contribution in [2.75, 3.05) is 9.80 Å². The highest BCUT2D eigenvalue weighted by atomic mass is 32.1. The first-order valence-electron chi connectivity index (χ1n) is 18.6. The van der Waals surface area contributed by atoms with Crippen LogP contribution in [0.2, 0.25) is 0 Å². The minimum absolute atomic E-state index is 0.216. The standard InChI is InChI=1S/C46H40N2O4S2/c1-23(2)47-29-15-11-9-13-27(29)45(5,6)37-31(47)19-17-25-21-33(53-41(25)37)35-39-40(52-43(35)49)36(44(50)51-39)34-22-26-18-20-32-38(42(26)54-34)46(7,8)28-14-10-12-16-30(28)48(32)24(3)4/h9-24H,1-8H3. The van der Waals surface area contributed by atoms with Crippen LogP contribution in [0.15, 0.2) is 96.4 Å². The molecule has 10 rings (SSSR count). The molecule has 4 aliphatic heterocycles. The Balaban J connectivity index is 1.12. The van der Waals surface area contributed by atoms with Gasteiger partial charge in [-0.15, -0.1) is 22.7 Å². The van der Waals surface area contributed by atoms with Crippen molar-refractivity contribution in [2.24, 2.45) is 0 Å². The van der Waals surface area contributed by atoms with Crippen molar-refractivity contribution >= 4 is 88.7 Å². The van der Waals surface area contributed by atoms with E-state index in [4.69, 9.17) is 9.47 Å². The number of para-hydroxylation sites is 2. The number of nitrogens with zero attached hydrogens (tertiary/aromatic N) is 2. The third-order valence-corrected chi connectivity index (χ3v) is 14.1. The van der Waals surface area contributed by atoms with Gasteiger partial charge in [-0.25, -0.2) is 9.59 Å². The lowest BCUT2D eigenvalue weighted by Crippen LogP contribution is -2.36. The van der Waals surface area contributed by atoms with Gasteiger partial charge in [-0.05, 0) is 86.0 Å². The van der Waals surface area contributed by atoms with Gasteiger partial charge in [0.25, 0.3) is 0 Å². The lowest BCUT2D eigenvalue weighted by atomic mass is 9.73. The van der Waals surface area contributed by atoms with Crippen LogP contribution in [0.3, 0.4) is 0 Å². The molecule has 0 N–H and O–H groups in total. The molecule has 6 nitrogen and oxygen atoms in total. The molecule has 6 aromatic rings. The number of anilines is 4. The topological polar surface area (TPSA) is 59.1 Å². The molecule has 0 spiro atoms. The van der Waals surface area contributed by atoms with E-state index < -0.39 is 11.9 Å². The van der Waals surface area contributed by atoms with Crippen molar-refractivity contribution in [2.45, 2.75) is 78.3 Å². The Morgan fingerprint density at radius 3 is 1.31 bits per heavy atom. The van der Waals surface area contributed by atoms with Gasteiger partial charge in [-0.2, -0.15) is 0 Å². The molecule has 0 aliphatic carbocycles. The number of carbonyl (C=O) groups excluding carboxylic acids is 2. The number of hydrogen-bond acceptors (Lipinski definition) is 8. The molecule has 0 bridgehead atoms. The lowest BCUT2D eigenvalue weighted by Gasteiger charge is -2.44. The van der Waals surface area contributed by atoms with Gasteiger partial charge in [0.2, 0.25) is 0 Å². The zero-order valence-corrected chi connectivity index (χ0v) is 33.2. The third kappa shape index (κ3) is 4.32. The number of rotatable bonds is 4. The molecular formula is C46H40N2O4S2. The van der Waals surface area contributed by atoms with Crippen LogP contribution in [-0.4, -0.2) is 24.0 Å². The molecule has 0 amide bonds. The Labute approximate surface area is 322 Å². The van der Waals surface area contributed by atoms with Crippen LogP contribution < -0.4 is 9.80 Å². The smallest absolute Gasteiger partial charge is 0.349 e. The average molecular weight is 749 g/mol. The fraction of sp³-hybridized carbons (Fsp3) is 0.261. The van der Waals surface area contributed by atoms with Crippen LogP contribution in [0, 0.1) is 0 Å². The van der Waals surface area contributed by atoms with Gasteiger partial charge in [-0.3, -0.25) is 0 Å². The van der Waals surface area contributed by atoms with Crippen molar-refractivity contribution in [3.63, 3.8) is 0 Å². The zero-order valence-electron chi connectivity index (χ0n) is 31.6. The van der Waals surface area contributed by atoms with Crippen molar-refractivity contribution in [1.29, 1.82) is 0 Å². The second-order valence-corrected chi connectivity index (χ2v) is 18.5. The lowest BCUT2D eigenvalue weighted by molar-refractivity contribution is -0.131. The van der Waals surface area contributed by atoms with E-state index in [0.29, 0.717) is 11.1 Å². The molecule has 0 atom stereocenters. The van der Waals surface area contributed by atoms with Crippen molar-refractivity contribution in [3.8, 4) is 0 Å². The third-order valence-electron chi connectivity index (χ3n) is 11.8. The van der Waals surface area contributed by atoms with Gasteiger partial charge in [0.15, 0.2) is 11.5 Å². The summed E-state index contributed by atoms with van der Waals surface area (Å²) in [5.74, 6) is -0.563. The first-order valence-corrected chi connectivity index (χ1v) is 20.3. The van der Waals surface area contributed by atoms with Gasteiger partial charge in [0.05, 0.1) is 0 Å². The highest BCUT2D eigenvalue weighted by Gasteiger charge is 2.46. The van der Waals surface area contributed by atoms with E-state index in [2.05, 4.69) is 138 Å². The number of carbonyl (C=O) groups is 2. The number of hydrogen-bond donors (Lipinski definition) is 0. The van der Waals surface area contributed by atoms with E-state index in [1.54, 1.807) is 22.7 Å². The molecule has 0 radical (unpaired) electrons. The number of thiophene rings is 2. The molecular weight excluding hydrogens is 709 g/mol. The maximum absolute atomic E-state index is 13.8. The van der Waals surface area contributed by atoms with Crippen LogP contribution in [0.1, 0.15) is 87.4 Å². The zero-order chi connectivity index (χ0) is 37.6. The molecule has 0 saturated heterocycles. The van der Waals surface area contributed by atoms with E-state index in [-0.39, 0.29) is 34.4 Å². The quantitative estimate of drug-likeness (QED) is 0.167. The highest BCUT2D eigenvalue weighted by Crippen LogP contribution is 2.57. The summed E-state index contributed by atoms with van der Waals surface area (Å²) in [7, 11) is 0. The molecule has 4 aliphatic rings. The van der Waals surface area contributed by atoms with E-state index in [0.717, 1.165) is 29.9 Å². The van der Waals surface area contributed by atoms with E-state index in [9.17, 15) is 9.59 Å². The summed E-state index contributed by atoms with van der Waals surface area (Å²) in [5.41, 5.74) is 9.83. The van der Waals surface area contributed by atoms with Crippen LogP contribution in [0.25, 0.3) is 31.3 Å². The minimum Gasteiger partial charge on any atom is -0.418 e. The van der Waals surface area contributed by atoms with Crippen molar-refractivity contribution < 1.29 is 19.1 Å². The van der Waals surface area contributed by atoms with Crippen molar-refractivity contribution in [1.82, 2.24) is 0 Å². The highest BCUT2D eigenvalue weighted by molar-refractivity contribution is 7.21. The summed E-state index contributed by atoms with van der Waals surface area (Å²) >= 11 is 3.13. The predicted octanol–water partition coefficient (Wildman–Crippen LogP) is 11.7. The van der Waals surface area contributed by atoms with Crippen LogP contribution in [0.4, 0.5) is 22.7 Å². The summed E-state index contributed by atoms with van der Waals surface area (Å²) < 4.78 is 14.2. The molecule has 6 heterocycles. The van der Waals surface area contributed by atoms with Gasteiger partial charge < -0.3 is 19.3 Å². The second kappa shape index (κ2) is 11.2. The minimum atomic E-state index is -0.498. The molecule has 4 aromatic carbocycles. The van der Waals surface area contributed by atoms with Gasteiger partial charge in [0.1, 0.15) is 11.1 Å². The van der Waals surface area contributed by atoms with Gasteiger partial charge in [-0.1, -0.05) is 76.2 Å². The van der Waals surface area contributed by atoms with Gasteiger partial charge >= 0.3 is 11.9 Å². The molecule has 270 valence electrons. The van der Waals surface area contributed by atoms with E-state index in [1.807, 2.05) is 12.1 Å². The monoisotopic (exact) mass is 748 g/mol. The normalized spacial score (nSPS) is 18.0. The fourth-order valence-electron chi connectivity index (χ4n) is 9.43. The number of fused-ring (bicyclic) bond motifs is 9. The van der Waals surface area contributed by atoms with Crippen molar-refractivity contribution in [3.05, 3.63) is 128 Å². The molecule has 0 unspecified atom stereocenters. The van der Waals surface area contributed by atoms with E-state index in [1.165, 1.54) is 45.0 Å². The van der Waals surface area contributed by atoms with Gasteiger partial charge in [0, 0.05) is 75.9 Å². The fourth-order valence-corrected chi connectivity index (χ4v) is 12.2. The maximum Gasteiger partial charge on any atom is 0.349 e. The number of ether oxygens (including phenoxy) is 2. The SMILES string of the molecule is CC(C)N1c2ccccc2C(C)(C)c2c1ccc1cc(C3=C4OC(=O)C(c5cc6ccc7c(c6s5)C(C)(C)c5ccccc5N7C(C)C)=C4OC3=O)sc21. The summed E-state index contributed by atoms with van der Waals surface area (Å²) in [6, 6.07) is 30.5. The first-order chi connectivity index (χ1) is 25.8. The second-order valence-electron chi connectivity index (χ2n) is 16.4. The average Bonchev–Trinajstić information content (AvgIpc) is 3.88. The molecule has 54 heavy (non-hydrogen) atoms. The molecule has 2 aromatic heterocycles. The molecule has 0 fully saturated rings. The largest absolute Gasteiger partial charge is 0.418 e. The summed E-state index contributed by atoms with van der Waals surface area (Å²) in [4.78, 5) is 33.9. The van der Waals surface area contributed by atoms with Crippen LogP contribution in [-0.2, 0) is 29.9 Å². The van der Waals surface area contributed by atoms with E-state index >= 15 is 0 Å². The number of esters is 2. The first kappa shape index (κ1) is 33.4.